The first-order valence-corrected chi connectivity index (χ1v) is 6.24. The van der Waals surface area contributed by atoms with Gasteiger partial charge < -0.3 is 32.5 Å². The van der Waals surface area contributed by atoms with Crippen molar-refractivity contribution >= 4 is 11.0 Å². The van der Waals surface area contributed by atoms with Crippen LogP contribution in [0, 0.1) is 0 Å². The smallest absolute Gasteiger partial charge is 0.368 e. The second-order valence-corrected chi connectivity index (χ2v) is 4.56. The summed E-state index contributed by atoms with van der Waals surface area (Å²) in [6, 6.07) is 10.9. The van der Waals surface area contributed by atoms with Gasteiger partial charge in [0.1, 0.15) is 16.9 Å². The molecule has 114 valence electrons. The average molecular weight is 321 g/mol. The van der Waals surface area contributed by atoms with Crippen LogP contribution in [0.5, 0.6) is 23.0 Å². The molecule has 0 spiro atoms. The molecule has 0 fully saturated rings. The zero-order valence-electron chi connectivity index (χ0n) is 11.6. The van der Waals surface area contributed by atoms with Crippen molar-refractivity contribution in [3.8, 4) is 34.3 Å². The SMILES string of the molecule is COc1ccc(-c2ccc3c(O)cc(O)cc3[o+]2)cc1O.[Cl-]. The maximum atomic E-state index is 9.81. The van der Waals surface area contributed by atoms with Crippen molar-refractivity contribution in [2.75, 3.05) is 7.11 Å². The van der Waals surface area contributed by atoms with Gasteiger partial charge in [0.15, 0.2) is 11.5 Å². The van der Waals surface area contributed by atoms with E-state index >= 15 is 0 Å². The minimum atomic E-state index is -0.0847. The monoisotopic (exact) mass is 320 g/mol. The molecule has 5 nitrogen and oxygen atoms in total. The number of phenols is 3. The Bertz CT molecular complexity index is 832. The molecule has 1 heterocycles. The standard InChI is InChI=1S/C16H12O5.ClH/c1-20-15-4-2-9(6-13(15)19)14-5-3-11-12(18)7-10(17)8-16(11)21-14;/h2-8H,1H3,(H2-,17,18,19);1H. The first-order chi connectivity index (χ1) is 10.1. The molecule has 0 bridgehead atoms. The molecule has 0 aliphatic rings. The summed E-state index contributed by atoms with van der Waals surface area (Å²) in [5.41, 5.74) is 0.998. The largest absolute Gasteiger partial charge is 1.00 e. The van der Waals surface area contributed by atoms with Crippen molar-refractivity contribution in [1.29, 1.82) is 0 Å². The number of rotatable bonds is 2. The van der Waals surface area contributed by atoms with E-state index in [1.807, 2.05) is 0 Å². The number of phenolic OH excluding ortho intramolecular Hbond substituents is 3. The average Bonchev–Trinajstić information content (AvgIpc) is 2.46. The van der Waals surface area contributed by atoms with Crippen LogP contribution in [0.4, 0.5) is 0 Å². The third-order valence-corrected chi connectivity index (χ3v) is 3.19. The Morgan fingerprint density at radius 3 is 2.36 bits per heavy atom. The van der Waals surface area contributed by atoms with Crippen LogP contribution in [0.15, 0.2) is 46.9 Å². The molecule has 0 aliphatic carbocycles. The number of aromatic hydroxyl groups is 3. The third kappa shape index (κ3) is 2.71. The van der Waals surface area contributed by atoms with E-state index in [1.165, 1.54) is 25.3 Å². The van der Waals surface area contributed by atoms with Gasteiger partial charge in [0.2, 0.25) is 0 Å². The van der Waals surface area contributed by atoms with Gasteiger partial charge in [-0.2, -0.15) is 0 Å². The number of benzene rings is 2. The zero-order chi connectivity index (χ0) is 15.0. The van der Waals surface area contributed by atoms with Crippen molar-refractivity contribution in [3.63, 3.8) is 0 Å². The normalized spacial score (nSPS) is 10.2. The third-order valence-electron chi connectivity index (χ3n) is 3.19. The maximum absolute atomic E-state index is 9.81. The highest BCUT2D eigenvalue weighted by atomic mass is 35.5. The summed E-state index contributed by atoms with van der Waals surface area (Å²) >= 11 is 0. The molecule has 3 rings (SSSR count). The molecule has 0 aliphatic heterocycles. The Hall–Kier alpha value is -2.66. The van der Waals surface area contributed by atoms with Crippen LogP contribution < -0.4 is 17.1 Å². The van der Waals surface area contributed by atoms with Crippen LogP contribution in [0.3, 0.4) is 0 Å². The quantitative estimate of drug-likeness (QED) is 0.600. The maximum Gasteiger partial charge on any atom is 0.368 e. The predicted octanol–water partition coefficient (Wildman–Crippen LogP) is 0.510. The van der Waals surface area contributed by atoms with Crippen molar-refractivity contribution in [1.82, 2.24) is 0 Å². The zero-order valence-corrected chi connectivity index (χ0v) is 12.3. The van der Waals surface area contributed by atoms with Gasteiger partial charge in [-0.1, -0.05) is 0 Å². The van der Waals surface area contributed by atoms with Crippen LogP contribution >= 0.6 is 0 Å². The van der Waals surface area contributed by atoms with Gasteiger partial charge in [0.05, 0.1) is 18.7 Å². The fraction of sp³-hybridized carbons (Fsp3) is 0.0625. The van der Waals surface area contributed by atoms with Gasteiger partial charge in [0, 0.05) is 18.2 Å². The molecule has 3 aromatic rings. The molecule has 0 saturated heterocycles. The Morgan fingerprint density at radius 2 is 1.68 bits per heavy atom. The number of halogens is 1. The number of hydrogen-bond donors (Lipinski definition) is 3. The Morgan fingerprint density at radius 1 is 0.909 bits per heavy atom. The van der Waals surface area contributed by atoms with Crippen molar-refractivity contribution in [3.05, 3.63) is 42.5 Å². The molecule has 1 aromatic heterocycles. The molecule has 6 heteroatoms. The van der Waals surface area contributed by atoms with Gasteiger partial charge in [-0.3, -0.25) is 0 Å². The number of hydrogen-bond acceptors (Lipinski definition) is 4. The Kier molecular flexibility index (Phi) is 4.28. The molecule has 22 heavy (non-hydrogen) atoms. The predicted molar refractivity (Wildman–Crippen MR) is 77.6 cm³/mol. The van der Waals surface area contributed by atoms with Crippen LogP contribution in [-0.4, -0.2) is 22.4 Å². The topological polar surface area (TPSA) is 81.2 Å². The summed E-state index contributed by atoms with van der Waals surface area (Å²) in [5, 5.41) is 29.6. The fourth-order valence-corrected chi connectivity index (χ4v) is 2.16. The van der Waals surface area contributed by atoms with E-state index in [2.05, 4.69) is 0 Å². The van der Waals surface area contributed by atoms with E-state index in [0.29, 0.717) is 28.0 Å². The first-order valence-electron chi connectivity index (χ1n) is 6.24. The van der Waals surface area contributed by atoms with Gasteiger partial charge in [-0.15, -0.1) is 0 Å². The minimum Gasteiger partial charge on any atom is -1.00 e. The lowest BCUT2D eigenvalue weighted by molar-refractivity contribution is -0.00000801. The summed E-state index contributed by atoms with van der Waals surface area (Å²) in [5.74, 6) is 0.723. The highest BCUT2D eigenvalue weighted by Crippen LogP contribution is 2.35. The van der Waals surface area contributed by atoms with Gasteiger partial charge in [0.25, 0.3) is 0 Å². The number of ether oxygens (including phenoxy) is 1. The van der Waals surface area contributed by atoms with E-state index in [-0.39, 0.29) is 29.7 Å². The summed E-state index contributed by atoms with van der Waals surface area (Å²) in [7, 11) is 1.47. The van der Waals surface area contributed by atoms with Crippen LogP contribution in [0.2, 0.25) is 0 Å². The molecule has 0 atom stereocenters. The molecule has 0 amide bonds. The van der Waals surface area contributed by atoms with E-state index in [9.17, 15) is 15.3 Å². The molecular formula is C16H13ClO5. The van der Waals surface area contributed by atoms with Gasteiger partial charge >= 0.3 is 11.3 Å². The lowest BCUT2D eigenvalue weighted by Gasteiger charge is -2.02. The Labute approximate surface area is 132 Å². The summed E-state index contributed by atoms with van der Waals surface area (Å²) in [6.45, 7) is 0. The van der Waals surface area contributed by atoms with Crippen LogP contribution in [-0.2, 0) is 0 Å². The van der Waals surface area contributed by atoms with E-state index < -0.39 is 0 Å². The van der Waals surface area contributed by atoms with Gasteiger partial charge in [-0.25, -0.2) is 4.42 Å². The van der Waals surface area contributed by atoms with E-state index in [1.54, 1.807) is 24.3 Å². The highest BCUT2D eigenvalue weighted by molar-refractivity contribution is 5.86. The fourth-order valence-electron chi connectivity index (χ4n) is 2.16. The lowest BCUT2D eigenvalue weighted by atomic mass is 10.1. The molecule has 3 N–H and O–H groups in total. The molecule has 0 unspecified atom stereocenters. The first kappa shape index (κ1) is 15.7. The minimum absolute atomic E-state index is 0. The second kappa shape index (κ2) is 5.99. The van der Waals surface area contributed by atoms with Crippen LogP contribution in [0.1, 0.15) is 0 Å². The number of methoxy groups -OCH3 is 1. The van der Waals surface area contributed by atoms with E-state index in [4.69, 9.17) is 9.15 Å². The summed E-state index contributed by atoms with van der Waals surface area (Å²) < 4.78 is 10.7. The van der Waals surface area contributed by atoms with Crippen LogP contribution in [0.25, 0.3) is 22.3 Å². The van der Waals surface area contributed by atoms with E-state index in [0.717, 1.165) is 0 Å². The van der Waals surface area contributed by atoms with Crippen molar-refractivity contribution < 1.29 is 36.9 Å². The van der Waals surface area contributed by atoms with Gasteiger partial charge in [-0.05, 0) is 18.2 Å². The number of fused-ring (bicyclic) bond motifs is 1. The lowest BCUT2D eigenvalue weighted by Crippen LogP contribution is -3.00. The molecule has 0 saturated carbocycles. The summed E-state index contributed by atoms with van der Waals surface area (Å²) in [6.07, 6.45) is 0. The second-order valence-electron chi connectivity index (χ2n) is 4.56. The van der Waals surface area contributed by atoms with Crippen molar-refractivity contribution in [2.24, 2.45) is 0 Å². The molecular weight excluding hydrogens is 308 g/mol. The Balaban J connectivity index is 0.00000176. The summed E-state index contributed by atoms with van der Waals surface area (Å²) in [4.78, 5) is 0. The molecule has 2 aromatic carbocycles. The van der Waals surface area contributed by atoms with Crippen molar-refractivity contribution in [2.45, 2.75) is 0 Å². The molecule has 0 radical (unpaired) electrons. The highest BCUT2D eigenvalue weighted by Gasteiger charge is 2.19.